The van der Waals surface area contributed by atoms with Crippen molar-refractivity contribution in [2.45, 2.75) is 58.7 Å². The molecule has 13 heteroatoms. The topological polar surface area (TPSA) is 152 Å². The highest BCUT2D eigenvalue weighted by Crippen LogP contribution is 2.27. The molecule has 0 saturated heterocycles. The van der Waals surface area contributed by atoms with Crippen LogP contribution >= 0.6 is 0 Å². The Morgan fingerprint density at radius 1 is 1.24 bits per heavy atom. The first-order valence-corrected chi connectivity index (χ1v) is 11.6. The van der Waals surface area contributed by atoms with E-state index in [1.807, 2.05) is 13.0 Å². The summed E-state index contributed by atoms with van der Waals surface area (Å²) in [5.41, 5.74) is 0.235. The number of pyridine rings is 2. The standard InChI is InChI=1S/C24H30FN9O3/c1-7-18(32-23(35)37-24(3,4)5)14(2)30-21-17(25)10-15(12-26)20(33-21)31-16-11-19(22(36-6)27-13-16)34-28-8-9-29-34/h8-11,13-14,18H,7H2,1-6H3,(H,32,35)(H2,30,31,33)/t14-,18+/m1/s1. The van der Waals surface area contributed by atoms with E-state index in [0.29, 0.717) is 17.8 Å². The molecule has 0 aliphatic carbocycles. The van der Waals surface area contributed by atoms with Crippen molar-refractivity contribution in [1.29, 1.82) is 5.26 Å². The number of aromatic nitrogens is 5. The van der Waals surface area contributed by atoms with E-state index in [4.69, 9.17) is 9.47 Å². The maximum Gasteiger partial charge on any atom is 0.407 e. The number of anilines is 3. The summed E-state index contributed by atoms with van der Waals surface area (Å²) >= 11 is 0. The van der Waals surface area contributed by atoms with Gasteiger partial charge in [-0.15, -0.1) is 4.80 Å². The number of carbonyl (C=O) groups excluding carboxylic acids is 1. The Morgan fingerprint density at radius 2 is 1.95 bits per heavy atom. The van der Waals surface area contributed by atoms with Gasteiger partial charge in [0.1, 0.15) is 17.4 Å². The van der Waals surface area contributed by atoms with E-state index in [1.54, 1.807) is 33.8 Å². The van der Waals surface area contributed by atoms with Crippen molar-refractivity contribution in [1.82, 2.24) is 30.3 Å². The van der Waals surface area contributed by atoms with Gasteiger partial charge in [0.15, 0.2) is 17.5 Å². The number of ether oxygens (including phenoxy) is 2. The highest BCUT2D eigenvalue weighted by Gasteiger charge is 2.24. The minimum Gasteiger partial charge on any atom is -0.479 e. The average molecular weight is 512 g/mol. The Labute approximate surface area is 214 Å². The minimum atomic E-state index is -0.713. The lowest BCUT2D eigenvalue weighted by Gasteiger charge is -2.27. The van der Waals surface area contributed by atoms with E-state index < -0.39 is 23.6 Å². The fraction of sp³-hybridized carbons (Fsp3) is 0.417. The number of carbonyl (C=O) groups is 1. The van der Waals surface area contributed by atoms with E-state index in [2.05, 4.69) is 36.1 Å². The molecule has 0 unspecified atom stereocenters. The zero-order valence-corrected chi connectivity index (χ0v) is 21.5. The summed E-state index contributed by atoms with van der Waals surface area (Å²) in [4.78, 5) is 22.1. The molecule has 196 valence electrons. The van der Waals surface area contributed by atoms with E-state index >= 15 is 0 Å². The van der Waals surface area contributed by atoms with E-state index in [9.17, 15) is 14.4 Å². The molecule has 3 rings (SSSR count). The maximum atomic E-state index is 14.9. The highest BCUT2D eigenvalue weighted by atomic mass is 19.1. The Hall–Kier alpha value is -4.47. The number of amides is 1. The predicted molar refractivity (Wildman–Crippen MR) is 134 cm³/mol. The number of halogens is 1. The number of nitrogens with one attached hydrogen (secondary N) is 3. The van der Waals surface area contributed by atoms with Crippen LogP contribution in [0.5, 0.6) is 5.88 Å². The summed E-state index contributed by atoms with van der Waals surface area (Å²) in [7, 11) is 1.47. The first kappa shape index (κ1) is 27.1. The normalized spacial score (nSPS) is 12.7. The van der Waals surface area contributed by atoms with Crippen LogP contribution in [-0.2, 0) is 4.74 Å². The van der Waals surface area contributed by atoms with Crippen LogP contribution in [0.15, 0.2) is 30.7 Å². The van der Waals surface area contributed by atoms with Crippen molar-refractivity contribution in [3.05, 3.63) is 42.1 Å². The van der Waals surface area contributed by atoms with Crippen LogP contribution in [0.1, 0.15) is 46.6 Å². The Kier molecular flexibility index (Phi) is 8.44. The summed E-state index contributed by atoms with van der Waals surface area (Å²) in [6.45, 7) is 8.99. The molecular weight excluding hydrogens is 481 g/mol. The molecule has 12 nitrogen and oxygen atoms in total. The number of rotatable bonds is 9. The molecule has 3 heterocycles. The largest absolute Gasteiger partial charge is 0.479 e. The van der Waals surface area contributed by atoms with Crippen LogP contribution in [0.3, 0.4) is 0 Å². The summed E-state index contributed by atoms with van der Waals surface area (Å²) in [6.07, 6.45) is 4.48. The maximum absolute atomic E-state index is 14.9. The van der Waals surface area contributed by atoms with Gasteiger partial charge in [-0.25, -0.2) is 19.2 Å². The van der Waals surface area contributed by atoms with Crippen molar-refractivity contribution in [2.24, 2.45) is 0 Å². The van der Waals surface area contributed by atoms with Crippen molar-refractivity contribution < 1.29 is 18.7 Å². The highest BCUT2D eigenvalue weighted by molar-refractivity contribution is 5.69. The average Bonchev–Trinajstić information content (AvgIpc) is 3.38. The second-order valence-electron chi connectivity index (χ2n) is 9.12. The van der Waals surface area contributed by atoms with Crippen LogP contribution in [0.25, 0.3) is 5.69 Å². The Bertz CT molecular complexity index is 1270. The van der Waals surface area contributed by atoms with Gasteiger partial charge in [-0.05, 0) is 46.2 Å². The molecule has 3 aromatic heterocycles. The molecule has 0 saturated carbocycles. The Balaban J connectivity index is 1.84. The molecule has 3 aromatic rings. The number of alkyl carbamates (subject to hydrolysis) is 1. The minimum absolute atomic E-state index is 0.00999. The second-order valence-corrected chi connectivity index (χ2v) is 9.12. The van der Waals surface area contributed by atoms with Crippen molar-refractivity contribution in [3.63, 3.8) is 0 Å². The van der Waals surface area contributed by atoms with Gasteiger partial charge in [-0.2, -0.15) is 15.5 Å². The summed E-state index contributed by atoms with van der Waals surface area (Å²) < 4.78 is 25.5. The van der Waals surface area contributed by atoms with Crippen LogP contribution in [0, 0.1) is 17.1 Å². The molecule has 3 N–H and O–H groups in total. The molecule has 2 atom stereocenters. The van der Waals surface area contributed by atoms with Crippen LogP contribution in [-0.4, -0.2) is 55.8 Å². The van der Waals surface area contributed by atoms with Crippen molar-refractivity contribution in [3.8, 4) is 17.6 Å². The SMILES string of the molecule is CC[C@H](NC(=O)OC(C)(C)C)[C@@H](C)Nc1nc(Nc2cnc(OC)c(-n3nccn3)c2)c(C#N)cc1F. The monoisotopic (exact) mass is 511 g/mol. The molecule has 0 aliphatic heterocycles. The molecular formula is C24H30FN9O3. The number of hydrogen-bond acceptors (Lipinski definition) is 10. The Morgan fingerprint density at radius 3 is 2.54 bits per heavy atom. The number of methoxy groups -OCH3 is 1. The number of hydrogen-bond donors (Lipinski definition) is 3. The van der Waals surface area contributed by atoms with Crippen molar-refractivity contribution >= 4 is 23.4 Å². The molecule has 0 fully saturated rings. The molecule has 0 spiro atoms. The molecule has 37 heavy (non-hydrogen) atoms. The predicted octanol–water partition coefficient (Wildman–Crippen LogP) is 3.92. The zero-order valence-electron chi connectivity index (χ0n) is 21.5. The van der Waals surface area contributed by atoms with Gasteiger partial charge in [0.25, 0.3) is 0 Å². The molecule has 0 bridgehead atoms. The first-order valence-electron chi connectivity index (χ1n) is 11.6. The third-order valence-corrected chi connectivity index (χ3v) is 5.13. The summed E-state index contributed by atoms with van der Waals surface area (Å²) in [5.74, 6) is -0.407. The molecule has 0 radical (unpaired) electrons. The lowest BCUT2D eigenvalue weighted by Crippen LogP contribution is -2.47. The van der Waals surface area contributed by atoms with Crippen LogP contribution in [0.2, 0.25) is 0 Å². The van der Waals surface area contributed by atoms with Crippen molar-refractivity contribution in [2.75, 3.05) is 17.7 Å². The van der Waals surface area contributed by atoms with Gasteiger partial charge in [0.05, 0.1) is 43.0 Å². The number of nitriles is 1. The smallest absolute Gasteiger partial charge is 0.407 e. The molecule has 0 aromatic carbocycles. The summed E-state index contributed by atoms with van der Waals surface area (Å²) in [6, 6.07) is 3.89. The van der Waals surface area contributed by atoms with E-state index in [1.165, 1.54) is 30.5 Å². The summed E-state index contributed by atoms with van der Waals surface area (Å²) in [5, 5.41) is 26.5. The fourth-order valence-corrected chi connectivity index (χ4v) is 3.41. The van der Waals surface area contributed by atoms with Gasteiger partial charge in [-0.3, -0.25) is 0 Å². The lowest BCUT2D eigenvalue weighted by molar-refractivity contribution is 0.0498. The van der Waals surface area contributed by atoms with Gasteiger partial charge in [0, 0.05) is 6.04 Å². The molecule has 0 aliphatic rings. The lowest BCUT2D eigenvalue weighted by atomic mass is 10.1. The van der Waals surface area contributed by atoms with E-state index in [-0.39, 0.29) is 29.1 Å². The van der Waals surface area contributed by atoms with Gasteiger partial charge in [0.2, 0.25) is 5.88 Å². The van der Waals surface area contributed by atoms with Crippen LogP contribution in [0.4, 0.5) is 26.5 Å². The third kappa shape index (κ3) is 7.03. The van der Waals surface area contributed by atoms with Gasteiger partial charge in [-0.1, -0.05) is 6.92 Å². The molecule has 1 amide bonds. The third-order valence-electron chi connectivity index (χ3n) is 5.13. The van der Waals surface area contributed by atoms with Gasteiger partial charge >= 0.3 is 6.09 Å². The second kappa shape index (κ2) is 11.5. The zero-order chi connectivity index (χ0) is 27.2. The van der Waals surface area contributed by atoms with Crippen LogP contribution < -0.4 is 20.7 Å². The fourth-order valence-electron chi connectivity index (χ4n) is 3.41. The number of nitrogens with zero attached hydrogens (tertiary/aromatic N) is 6. The quantitative estimate of drug-likeness (QED) is 0.385. The van der Waals surface area contributed by atoms with E-state index in [0.717, 1.165) is 6.07 Å². The van der Waals surface area contributed by atoms with Gasteiger partial charge < -0.3 is 25.4 Å². The first-order chi connectivity index (χ1) is 17.5.